The Labute approximate surface area is 156 Å². The summed E-state index contributed by atoms with van der Waals surface area (Å²) in [4.78, 5) is 23.1. The Morgan fingerprint density at radius 3 is 1.69 bits per heavy atom. The van der Waals surface area contributed by atoms with Gasteiger partial charge in [-0.2, -0.15) is 0 Å². The third-order valence-electron chi connectivity index (χ3n) is 3.64. The molecule has 0 aromatic heterocycles. The van der Waals surface area contributed by atoms with Crippen LogP contribution in [0.3, 0.4) is 0 Å². The second-order valence-corrected chi connectivity index (χ2v) is 6.56. The van der Waals surface area contributed by atoms with Gasteiger partial charge in [-0.3, -0.25) is 9.59 Å². The van der Waals surface area contributed by atoms with Gasteiger partial charge in [0, 0.05) is 31.3 Å². The van der Waals surface area contributed by atoms with E-state index in [1.807, 2.05) is 6.92 Å². The number of amides is 2. The van der Waals surface area contributed by atoms with E-state index in [1.54, 1.807) is 0 Å². The van der Waals surface area contributed by atoms with Crippen molar-refractivity contribution >= 4 is 11.8 Å². The molecule has 0 saturated carbocycles. The minimum atomic E-state index is -0.577. The molecule has 0 aromatic carbocycles. The van der Waals surface area contributed by atoms with Crippen molar-refractivity contribution < 1.29 is 24.2 Å². The summed E-state index contributed by atoms with van der Waals surface area (Å²) in [6, 6.07) is 0. The van der Waals surface area contributed by atoms with Gasteiger partial charge >= 0.3 is 0 Å². The molecular weight excluding hydrogens is 340 g/mol. The molecule has 0 aliphatic carbocycles. The number of ether oxygens (including phenoxy) is 2. The van der Waals surface area contributed by atoms with Crippen molar-refractivity contribution in [2.24, 2.45) is 16.9 Å². The Morgan fingerprint density at radius 1 is 0.923 bits per heavy atom. The van der Waals surface area contributed by atoms with Crippen LogP contribution in [0.5, 0.6) is 0 Å². The molecule has 0 fully saturated rings. The average molecular weight is 376 g/mol. The summed E-state index contributed by atoms with van der Waals surface area (Å²) in [6.45, 7) is 5.01. The molecule has 0 aliphatic heterocycles. The molecule has 0 rings (SSSR count). The highest BCUT2D eigenvalue weighted by Crippen LogP contribution is 2.16. The van der Waals surface area contributed by atoms with Crippen LogP contribution >= 0.6 is 0 Å². The van der Waals surface area contributed by atoms with Crippen LogP contribution in [0.25, 0.3) is 0 Å². The molecule has 9 nitrogen and oxygen atoms in total. The van der Waals surface area contributed by atoms with Crippen LogP contribution < -0.4 is 22.1 Å². The first-order valence-electron chi connectivity index (χ1n) is 9.17. The SMILES string of the molecule is CC(CO)(COCCC(=O)NCCCN)COCCC(=O)NCCCN. The maximum absolute atomic E-state index is 11.5. The van der Waals surface area contributed by atoms with Gasteiger partial charge in [-0.15, -0.1) is 0 Å². The third-order valence-corrected chi connectivity index (χ3v) is 3.64. The third kappa shape index (κ3) is 14.0. The van der Waals surface area contributed by atoms with Crippen LogP contribution in [0.1, 0.15) is 32.6 Å². The van der Waals surface area contributed by atoms with Crippen molar-refractivity contribution in [2.45, 2.75) is 32.6 Å². The largest absolute Gasteiger partial charge is 0.396 e. The maximum atomic E-state index is 11.5. The van der Waals surface area contributed by atoms with Gasteiger partial charge in [0.25, 0.3) is 0 Å². The van der Waals surface area contributed by atoms with Crippen LogP contribution in [0.15, 0.2) is 0 Å². The molecule has 0 unspecified atom stereocenters. The average Bonchev–Trinajstić information content (AvgIpc) is 2.63. The number of hydrogen-bond acceptors (Lipinski definition) is 7. The predicted octanol–water partition coefficient (Wildman–Crippen LogP) is -1.27. The predicted molar refractivity (Wildman–Crippen MR) is 99.4 cm³/mol. The van der Waals surface area contributed by atoms with Crippen LogP contribution in [0, 0.1) is 5.41 Å². The fraction of sp³-hybridized carbons (Fsp3) is 0.882. The molecule has 0 atom stereocenters. The molecule has 26 heavy (non-hydrogen) atoms. The molecule has 2 amide bonds. The normalized spacial score (nSPS) is 11.4. The van der Waals surface area contributed by atoms with Gasteiger partial charge in [0.15, 0.2) is 0 Å². The van der Waals surface area contributed by atoms with Crippen LogP contribution in [0.2, 0.25) is 0 Å². The fourth-order valence-electron chi connectivity index (χ4n) is 1.94. The molecule has 7 N–H and O–H groups in total. The summed E-state index contributed by atoms with van der Waals surface area (Å²) in [5.41, 5.74) is 10.1. The van der Waals surface area contributed by atoms with E-state index >= 15 is 0 Å². The summed E-state index contributed by atoms with van der Waals surface area (Å²) in [5, 5.41) is 15.0. The van der Waals surface area contributed by atoms with E-state index in [9.17, 15) is 14.7 Å². The topological polar surface area (TPSA) is 149 Å². The second kappa shape index (κ2) is 16.0. The number of carbonyl (C=O) groups is 2. The molecule has 0 aromatic rings. The Balaban J connectivity index is 3.81. The van der Waals surface area contributed by atoms with Gasteiger partial charge in [-0.05, 0) is 25.9 Å². The lowest BCUT2D eigenvalue weighted by atomic mass is 9.94. The first-order chi connectivity index (χ1) is 12.5. The Morgan fingerprint density at radius 2 is 1.35 bits per heavy atom. The number of carbonyl (C=O) groups excluding carboxylic acids is 2. The van der Waals surface area contributed by atoms with E-state index in [1.165, 1.54) is 0 Å². The van der Waals surface area contributed by atoms with Gasteiger partial charge < -0.3 is 36.7 Å². The van der Waals surface area contributed by atoms with Crippen molar-refractivity contribution in [3.05, 3.63) is 0 Å². The van der Waals surface area contributed by atoms with Crippen LogP contribution in [-0.2, 0) is 19.1 Å². The molecule has 0 spiro atoms. The zero-order valence-electron chi connectivity index (χ0n) is 15.9. The smallest absolute Gasteiger partial charge is 0.222 e. The fourth-order valence-corrected chi connectivity index (χ4v) is 1.94. The zero-order valence-corrected chi connectivity index (χ0v) is 15.9. The molecule has 0 radical (unpaired) electrons. The van der Waals surface area contributed by atoms with E-state index < -0.39 is 5.41 Å². The Bertz CT molecular complexity index is 352. The van der Waals surface area contributed by atoms with E-state index in [0.29, 0.717) is 26.2 Å². The van der Waals surface area contributed by atoms with Crippen LogP contribution in [-0.4, -0.2) is 76.1 Å². The number of aliphatic hydroxyl groups excluding tert-OH is 1. The first kappa shape index (κ1) is 24.7. The Hall–Kier alpha value is -1.26. The molecule has 0 aliphatic rings. The molecule has 0 heterocycles. The summed E-state index contributed by atoms with van der Waals surface area (Å²) in [6.07, 6.45) is 2.01. The Kier molecular flexibility index (Phi) is 15.2. The zero-order chi connectivity index (χ0) is 19.7. The highest BCUT2D eigenvalue weighted by molar-refractivity contribution is 5.76. The van der Waals surface area contributed by atoms with Gasteiger partial charge in [0.2, 0.25) is 11.8 Å². The number of nitrogens with one attached hydrogen (secondary N) is 2. The van der Waals surface area contributed by atoms with E-state index in [2.05, 4.69) is 10.6 Å². The maximum Gasteiger partial charge on any atom is 0.222 e. The number of rotatable bonds is 17. The van der Waals surface area contributed by atoms with Crippen molar-refractivity contribution in [3.8, 4) is 0 Å². The van der Waals surface area contributed by atoms with Crippen molar-refractivity contribution in [1.82, 2.24) is 10.6 Å². The van der Waals surface area contributed by atoms with Gasteiger partial charge in [0.1, 0.15) is 0 Å². The number of aliphatic hydroxyl groups is 1. The van der Waals surface area contributed by atoms with Crippen molar-refractivity contribution in [1.29, 1.82) is 0 Å². The van der Waals surface area contributed by atoms with Crippen molar-refractivity contribution in [2.75, 3.05) is 59.2 Å². The minimum Gasteiger partial charge on any atom is -0.396 e. The molecule has 0 bridgehead atoms. The highest BCUT2D eigenvalue weighted by Gasteiger charge is 2.24. The summed E-state index contributed by atoms with van der Waals surface area (Å²) < 4.78 is 11.0. The molecule has 0 saturated heterocycles. The minimum absolute atomic E-state index is 0.0824. The summed E-state index contributed by atoms with van der Waals surface area (Å²) >= 11 is 0. The number of nitrogens with two attached hydrogens (primary N) is 2. The standard InChI is InChI=1S/C17H36N4O5/c1-17(12-22,13-25-10-4-15(23)20-8-2-6-18)14-26-11-5-16(24)21-9-3-7-19/h22H,2-14,18-19H2,1H3,(H,20,23)(H,21,24). The summed E-state index contributed by atoms with van der Waals surface area (Å²) in [5.74, 6) is -0.165. The lowest BCUT2D eigenvalue weighted by molar-refractivity contribution is -0.122. The van der Waals surface area contributed by atoms with Gasteiger partial charge in [-0.1, -0.05) is 6.92 Å². The lowest BCUT2D eigenvalue weighted by Crippen LogP contribution is -2.34. The van der Waals surface area contributed by atoms with E-state index in [4.69, 9.17) is 20.9 Å². The van der Waals surface area contributed by atoms with Gasteiger partial charge in [0.05, 0.1) is 33.0 Å². The highest BCUT2D eigenvalue weighted by atomic mass is 16.5. The molecule has 9 heteroatoms. The van der Waals surface area contributed by atoms with Crippen molar-refractivity contribution in [3.63, 3.8) is 0 Å². The summed E-state index contributed by atoms with van der Waals surface area (Å²) in [7, 11) is 0. The lowest BCUT2D eigenvalue weighted by Gasteiger charge is -2.26. The van der Waals surface area contributed by atoms with Crippen LogP contribution in [0.4, 0.5) is 0 Å². The van der Waals surface area contributed by atoms with E-state index in [-0.39, 0.29) is 57.7 Å². The second-order valence-electron chi connectivity index (χ2n) is 6.56. The molecule has 154 valence electrons. The van der Waals surface area contributed by atoms with E-state index in [0.717, 1.165) is 12.8 Å². The monoisotopic (exact) mass is 376 g/mol. The number of hydrogen-bond donors (Lipinski definition) is 5. The first-order valence-corrected chi connectivity index (χ1v) is 9.17. The quantitative estimate of drug-likeness (QED) is 0.199. The molecular formula is C17H36N4O5. The van der Waals surface area contributed by atoms with Gasteiger partial charge in [-0.25, -0.2) is 0 Å².